The Labute approximate surface area is 113 Å². The SMILES string of the molecule is Cc1cccnc1C1(C(C)N)CCN(C(=O)O)CC1. The van der Waals surface area contributed by atoms with Crippen LogP contribution in [0.2, 0.25) is 0 Å². The molecule has 0 spiro atoms. The van der Waals surface area contributed by atoms with Crippen molar-refractivity contribution in [2.24, 2.45) is 5.73 Å². The van der Waals surface area contributed by atoms with Crippen LogP contribution in [0.15, 0.2) is 18.3 Å². The lowest BCUT2D eigenvalue weighted by Crippen LogP contribution is -2.53. The van der Waals surface area contributed by atoms with Crippen molar-refractivity contribution in [1.82, 2.24) is 9.88 Å². The molecule has 0 radical (unpaired) electrons. The second-order valence-electron chi connectivity index (χ2n) is 5.38. The van der Waals surface area contributed by atoms with Gasteiger partial charge >= 0.3 is 6.09 Å². The number of nitrogens with two attached hydrogens (primary N) is 1. The number of aromatic nitrogens is 1. The van der Waals surface area contributed by atoms with Gasteiger partial charge in [-0.2, -0.15) is 0 Å². The number of aryl methyl sites for hydroxylation is 1. The van der Waals surface area contributed by atoms with Crippen LogP contribution in [-0.4, -0.2) is 40.2 Å². The lowest BCUT2D eigenvalue weighted by atomic mass is 9.69. The van der Waals surface area contributed by atoms with E-state index in [-0.39, 0.29) is 11.5 Å². The number of pyridine rings is 1. The maximum atomic E-state index is 11.0. The molecule has 0 saturated carbocycles. The molecular formula is C14H21N3O2. The van der Waals surface area contributed by atoms with Gasteiger partial charge in [0, 0.05) is 30.7 Å². The lowest BCUT2D eigenvalue weighted by Gasteiger charge is -2.43. The Kier molecular flexibility index (Phi) is 3.75. The molecule has 2 heterocycles. The van der Waals surface area contributed by atoms with Crippen molar-refractivity contribution in [1.29, 1.82) is 0 Å². The maximum absolute atomic E-state index is 11.0. The first-order valence-electron chi connectivity index (χ1n) is 6.63. The highest BCUT2D eigenvalue weighted by Crippen LogP contribution is 2.38. The van der Waals surface area contributed by atoms with E-state index in [1.165, 1.54) is 4.90 Å². The van der Waals surface area contributed by atoms with Crippen LogP contribution in [0.1, 0.15) is 31.0 Å². The van der Waals surface area contributed by atoms with Crippen molar-refractivity contribution in [3.05, 3.63) is 29.6 Å². The highest BCUT2D eigenvalue weighted by molar-refractivity contribution is 5.65. The second-order valence-corrected chi connectivity index (χ2v) is 5.38. The predicted molar refractivity (Wildman–Crippen MR) is 73.1 cm³/mol. The number of carbonyl (C=O) groups is 1. The first-order chi connectivity index (χ1) is 8.97. The van der Waals surface area contributed by atoms with Gasteiger partial charge in [-0.1, -0.05) is 6.07 Å². The predicted octanol–water partition coefficient (Wildman–Crippen LogP) is 1.75. The molecule has 1 amide bonds. The Balaban J connectivity index is 2.32. The summed E-state index contributed by atoms with van der Waals surface area (Å²) in [6.07, 6.45) is 2.40. The summed E-state index contributed by atoms with van der Waals surface area (Å²) in [5, 5.41) is 9.05. The van der Waals surface area contributed by atoms with Gasteiger partial charge < -0.3 is 15.7 Å². The fourth-order valence-corrected chi connectivity index (χ4v) is 3.01. The Morgan fingerprint density at radius 3 is 2.63 bits per heavy atom. The van der Waals surface area contributed by atoms with Gasteiger partial charge in [0.15, 0.2) is 0 Å². The van der Waals surface area contributed by atoms with Gasteiger partial charge in [-0.25, -0.2) is 4.79 Å². The third-order valence-corrected chi connectivity index (χ3v) is 4.28. The first-order valence-corrected chi connectivity index (χ1v) is 6.63. The van der Waals surface area contributed by atoms with Crippen LogP contribution in [0.4, 0.5) is 4.79 Å². The number of hydrogen-bond acceptors (Lipinski definition) is 3. The molecule has 1 aliphatic heterocycles. The molecule has 3 N–H and O–H groups in total. The summed E-state index contributed by atoms with van der Waals surface area (Å²) in [6, 6.07) is 3.91. The Morgan fingerprint density at radius 2 is 2.16 bits per heavy atom. The van der Waals surface area contributed by atoms with Gasteiger partial charge in [0.1, 0.15) is 0 Å². The third kappa shape index (κ3) is 2.42. The molecular weight excluding hydrogens is 242 g/mol. The van der Waals surface area contributed by atoms with Crippen molar-refractivity contribution in [3.63, 3.8) is 0 Å². The molecule has 1 fully saturated rings. The molecule has 1 aromatic rings. The number of carboxylic acid groups (broad SMARTS) is 1. The molecule has 1 unspecified atom stereocenters. The second kappa shape index (κ2) is 5.17. The standard InChI is InChI=1S/C14H21N3O2/c1-10-4-3-7-16-12(10)14(11(2)15)5-8-17(9-6-14)13(18)19/h3-4,7,11H,5-6,8-9,15H2,1-2H3,(H,18,19). The topological polar surface area (TPSA) is 79.5 Å². The number of nitrogens with zero attached hydrogens (tertiary/aromatic N) is 2. The average Bonchev–Trinajstić information content (AvgIpc) is 2.39. The Hall–Kier alpha value is -1.62. The zero-order chi connectivity index (χ0) is 14.0. The van der Waals surface area contributed by atoms with Crippen LogP contribution in [-0.2, 0) is 5.41 Å². The molecule has 1 saturated heterocycles. The number of amides is 1. The van der Waals surface area contributed by atoms with Crippen molar-refractivity contribution in [2.75, 3.05) is 13.1 Å². The van der Waals surface area contributed by atoms with Gasteiger partial charge in [-0.05, 0) is 38.3 Å². The van der Waals surface area contributed by atoms with Crippen LogP contribution in [0, 0.1) is 6.92 Å². The van der Waals surface area contributed by atoms with E-state index in [0.29, 0.717) is 13.1 Å². The summed E-state index contributed by atoms with van der Waals surface area (Å²) in [6.45, 7) is 5.07. The Morgan fingerprint density at radius 1 is 1.53 bits per heavy atom. The van der Waals surface area contributed by atoms with E-state index in [0.717, 1.165) is 24.1 Å². The molecule has 2 rings (SSSR count). The van der Waals surface area contributed by atoms with E-state index in [1.54, 1.807) is 6.20 Å². The molecule has 19 heavy (non-hydrogen) atoms. The van der Waals surface area contributed by atoms with Crippen LogP contribution in [0.5, 0.6) is 0 Å². The molecule has 0 aliphatic carbocycles. The number of rotatable bonds is 2. The largest absolute Gasteiger partial charge is 0.465 e. The van der Waals surface area contributed by atoms with E-state index in [1.807, 2.05) is 26.0 Å². The summed E-state index contributed by atoms with van der Waals surface area (Å²) in [4.78, 5) is 17.0. The molecule has 5 heteroatoms. The van der Waals surface area contributed by atoms with Gasteiger partial charge in [0.25, 0.3) is 0 Å². The number of likely N-dealkylation sites (tertiary alicyclic amines) is 1. The van der Waals surface area contributed by atoms with E-state index in [9.17, 15) is 4.79 Å². The Bertz CT molecular complexity index is 466. The normalized spacial score (nSPS) is 20.1. The average molecular weight is 263 g/mol. The molecule has 104 valence electrons. The van der Waals surface area contributed by atoms with Gasteiger partial charge in [0.2, 0.25) is 0 Å². The van der Waals surface area contributed by atoms with E-state index in [4.69, 9.17) is 10.8 Å². The summed E-state index contributed by atoms with van der Waals surface area (Å²) in [5.74, 6) is 0. The van der Waals surface area contributed by atoms with Gasteiger partial charge in [0.05, 0.1) is 5.69 Å². The van der Waals surface area contributed by atoms with Crippen LogP contribution in [0.3, 0.4) is 0 Å². The molecule has 0 bridgehead atoms. The van der Waals surface area contributed by atoms with Crippen molar-refractivity contribution in [2.45, 2.75) is 38.1 Å². The van der Waals surface area contributed by atoms with Crippen LogP contribution in [0.25, 0.3) is 0 Å². The van der Waals surface area contributed by atoms with Gasteiger partial charge in [-0.3, -0.25) is 4.98 Å². The van der Waals surface area contributed by atoms with Crippen LogP contribution >= 0.6 is 0 Å². The fourth-order valence-electron chi connectivity index (χ4n) is 3.01. The molecule has 5 nitrogen and oxygen atoms in total. The van der Waals surface area contributed by atoms with E-state index >= 15 is 0 Å². The van der Waals surface area contributed by atoms with Crippen LogP contribution < -0.4 is 5.73 Å². The quantitative estimate of drug-likeness (QED) is 0.852. The van der Waals surface area contributed by atoms with Crippen molar-refractivity contribution in [3.8, 4) is 0 Å². The third-order valence-electron chi connectivity index (χ3n) is 4.28. The minimum absolute atomic E-state index is 0.0444. The monoisotopic (exact) mass is 263 g/mol. The molecule has 1 aromatic heterocycles. The minimum Gasteiger partial charge on any atom is -0.465 e. The summed E-state index contributed by atoms with van der Waals surface area (Å²) in [5.41, 5.74) is 8.16. The van der Waals surface area contributed by atoms with Gasteiger partial charge in [-0.15, -0.1) is 0 Å². The summed E-state index contributed by atoms with van der Waals surface area (Å²) in [7, 11) is 0. The highest BCUT2D eigenvalue weighted by Gasteiger charge is 2.42. The minimum atomic E-state index is -0.851. The number of piperidine rings is 1. The smallest absolute Gasteiger partial charge is 0.407 e. The number of hydrogen-bond donors (Lipinski definition) is 2. The van der Waals surface area contributed by atoms with E-state index < -0.39 is 6.09 Å². The zero-order valence-electron chi connectivity index (χ0n) is 11.5. The maximum Gasteiger partial charge on any atom is 0.407 e. The van der Waals surface area contributed by atoms with E-state index in [2.05, 4.69) is 4.98 Å². The van der Waals surface area contributed by atoms with Crippen molar-refractivity contribution < 1.29 is 9.90 Å². The first kappa shape index (κ1) is 13.8. The zero-order valence-corrected chi connectivity index (χ0v) is 11.5. The molecule has 0 aromatic carbocycles. The summed E-state index contributed by atoms with van der Waals surface area (Å²) >= 11 is 0. The lowest BCUT2D eigenvalue weighted by molar-refractivity contribution is 0.108. The van der Waals surface area contributed by atoms with Crippen molar-refractivity contribution >= 4 is 6.09 Å². The molecule has 1 aliphatic rings. The summed E-state index contributed by atoms with van der Waals surface area (Å²) < 4.78 is 0. The molecule has 1 atom stereocenters. The fraction of sp³-hybridized carbons (Fsp3) is 0.571. The highest BCUT2D eigenvalue weighted by atomic mass is 16.4.